The number of rotatable bonds is 9. The number of aliphatic hydroxyl groups is 1. The van der Waals surface area contributed by atoms with E-state index in [0.29, 0.717) is 50.0 Å². The van der Waals surface area contributed by atoms with E-state index in [1.165, 1.54) is 29.8 Å². The molecule has 5 aromatic rings. The Hall–Kier alpha value is -4.33. The number of aliphatic hydroxyl groups excluding tert-OH is 1. The topological polar surface area (TPSA) is 138 Å². The zero-order valence-electron chi connectivity index (χ0n) is 22.0. The Morgan fingerprint density at radius 2 is 1.93 bits per heavy atom. The molecule has 1 aliphatic carbocycles. The predicted octanol–water partition coefficient (Wildman–Crippen LogP) is 5.63. The third-order valence-electron chi connectivity index (χ3n) is 6.52. The maximum atomic E-state index is 15.1. The van der Waals surface area contributed by atoms with E-state index in [-0.39, 0.29) is 25.0 Å². The van der Waals surface area contributed by atoms with Crippen LogP contribution in [0.1, 0.15) is 12.8 Å². The molecule has 3 heterocycles. The SMILES string of the molecule is COc1cnc2c(-c3nc4cc(F)c(OC5CCC5OC(=O)Nc5cnc(OCCO)nc5)cc4s3)cc(Cl)cc2c1. The molecular formula is C28H23ClFN5O6S. The van der Waals surface area contributed by atoms with E-state index < -0.39 is 24.1 Å². The minimum absolute atomic E-state index is 0.0436. The Balaban J connectivity index is 1.15. The fourth-order valence-electron chi connectivity index (χ4n) is 4.35. The van der Waals surface area contributed by atoms with Crippen molar-refractivity contribution in [2.45, 2.75) is 25.0 Å². The van der Waals surface area contributed by atoms with Crippen LogP contribution in [0.25, 0.3) is 31.7 Å². The van der Waals surface area contributed by atoms with Crippen molar-refractivity contribution < 1.29 is 33.2 Å². The number of methoxy groups -OCH3 is 1. The summed E-state index contributed by atoms with van der Waals surface area (Å²) in [5, 5.41) is 13.3. The lowest BCUT2D eigenvalue weighted by Crippen LogP contribution is -2.45. The van der Waals surface area contributed by atoms with E-state index >= 15 is 4.39 Å². The van der Waals surface area contributed by atoms with Crippen LogP contribution in [0.5, 0.6) is 17.5 Å². The van der Waals surface area contributed by atoms with Gasteiger partial charge in [-0.3, -0.25) is 10.3 Å². The van der Waals surface area contributed by atoms with Crippen LogP contribution < -0.4 is 19.5 Å². The maximum Gasteiger partial charge on any atom is 0.412 e. The molecule has 2 atom stereocenters. The van der Waals surface area contributed by atoms with Gasteiger partial charge in [0.15, 0.2) is 11.6 Å². The number of amides is 1. The van der Waals surface area contributed by atoms with E-state index in [2.05, 4.69) is 25.3 Å². The van der Waals surface area contributed by atoms with E-state index in [1.807, 2.05) is 6.07 Å². The molecule has 1 saturated carbocycles. The number of thiazole rings is 1. The fourth-order valence-corrected chi connectivity index (χ4v) is 5.57. The smallest absolute Gasteiger partial charge is 0.412 e. The fraction of sp³-hybridized carbons (Fsp3) is 0.250. The first kappa shape index (κ1) is 27.8. The lowest BCUT2D eigenvalue weighted by atomic mass is 9.92. The van der Waals surface area contributed by atoms with Crippen molar-refractivity contribution in [2.75, 3.05) is 25.6 Å². The number of carbonyl (C=O) groups is 1. The zero-order valence-corrected chi connectivity index (χ0v) is 23.6. The van der Waals surface area contributed by atoms with Crippen LogP contribution in [-0.2, 0) is 4.74 Å². The van der Waals surface area contributed by atoms with Gasteiger partial charge >= 0.3 is 12.1 Å². The molecule has 2 aromatic carbocycles. The molecule has 0 spiro atoms. The van der Waals surface area contributed by atoms with Gasteiger partial charge in [0.2, 0.25) is 0 Å². The first-order valence-electron chi connectivity index (χ1n) is 12.8. The summed E-state index contributed by atoms with van der Waals surface area (Å²) in [4.78, 5) is 29.4. The minimum Gasteiger partial charge on any atom is -0.495 e. The molecule has 11 nitrogen and oxygen atoms in total. The average molecular weight is 612 g/mol. The first-order chi connectivity index (χ1) is 20.4. The van der Waals surface area contributed by atoms with Crippen LogP contribution in [0.15, 0.2) is 48.9 Å². The summed E-state index contributed by atoms with van der Waals surface area (Å²) >= 11 is 7.75. The van der Waals surface area contributed by atoms with Crippen LogP contribution in [0, 0.1) is 5.82 Å². The van der Waals surface area contributed by atoms with Gasteiger partial charge in [-0.1, -0.05) is 11.6 Å². The Morgan fingerprint density at radius 3 is 2.67 bits per heavy atom. The van der Waals surface area contributed by atoms with Gasteiger partial charge in [0.25, 0.3) is 0 Å². The second kappa shape index (κ2) is 11.9. The quantitative estimate of drug-likeness (QED) is 0.216. The van der Waals surface area contributed by atoms with E-state index in [0.717, 1.165) is 10.9 Å². The Bertz CT molecular complexity index is 1770. The molecule has 42 heavy (non-hydrogen) atoms. The molecule has 3 aromatic heterocycles. The molecular weight excluding hydrogens is 589 g/mol. The number of fused-ring (bicyclic) bond motifs is 2. The van der Waals surface area contributed by atoms with Crippen molar-refractivity contribution in [3.63, 3.8) is 0 Å². The minimum atomic E-state index is -0.719. The van der Waals surface area contributed by atoms with Crippen LogP contribution in [0.4, 0.5) is 14.9 Å². The van der Waals surface area contributed by atoms with Crippen molar-refractivity contribution in [2.24, 2.45) is 0 Å². The summed E-state index contributed by atoms with van der Waals surface area (Å²) in [7, 11) is 1.57. The van der Waals surface area contributed by atoms with Crippen molar-refractivity contribution in [1.82, 2.24) is 19.9 Å². The highest BCUT2D eigenvalue weighted by Crippen LogP contribution is 2.39. The van der Waals surface area contributed by atoms with Gasteiger partial charge in [-0.25, -0.2) is 24.1 Å². The molecule has 216 valence electrons. The summed E-state index contributed by atoms with van der Waals surface area (Å²) in [6.45, 7) is -0.111. The standard InChI is InChI=1S/C28H23ClFN5O6S/c1-38-17-7-14-6-15(29)8-18(25(14)31-13-17)26-35-20-9-19(30)23(10-24(20)42-26)40-21-2-3-22(21)41-28(37)34-16-11-32-27(33-12-16)39-5-4-36/h6-13,21-22,36H,2-5H2,1H3,(H,34,37). The van der Waals surface area contributed by atoms with Gasteiger partial charge in [0, 0.05) is 28.1 Å². The molecule has 1 amide bonds. The van der Waals surface area contributed by atoms with Crippen LogP contribution in [0.3, 0.4) is 0 Å². The van der Waals surface area contributed by atoms with Crippen LogP contribution in [-0.4, -0.2) is 63.7 Å². The number of carbonyl (C=O) groups excluding carboxylic acids is 1. The molecule has 14 heteroatoms. The summed E-state index contributed by atoms with van der Waals surface area (Å²) in [6, 6.07) is 8.41. The summed E-state index contributed by atoms with van der Waals surface area (Å²) in [6.07, 6.45) is 3.68. The number of anilines is 1. The largest absolute Gasteiger partial charge is 0.495 e. The number of benzene rings is 2. The normalized spacial score (nSPS) is 16.2. The van der Waals surface area contributed by atoms with Crippen molar-refractivity contribution in [3.8, 4) is 28.1 Å². The van der Waals surface area contributed by atoms with Crippen molar-refractivity contribution >= 4 is 55.8 Å². The highest BCUT2D eigenvalue weighted by atomic mass is 35.5. The molecule has 6 rings (SSSR count). The molecule has 0 bridgehead atoms. The molecule has 0 saturated heterocycles. The second-order valence-electron chi connectivity index (χ2n) is 9.30. The van der Waals surface area contributed by atoms with E-state index in [9.17, 15) is 4.79 Å². The van der Waals surface area contributed by atoms with Crippen molar-refractivity contribution in [1.29, 1.82) is 0 Å². The maximum absolute atomic E-state index is 15.1. The Morgan fingerprint density at radius 1 is 1.12 bits per heavy atom. The van der Waals surface area contributed by atoms with Gasteiger partial charge in [-0.2, -0.15) is 0 Å². The number of nitrogens with one attached hydrogen (secondary N) is 1. The third-order valence-corrected chi connectivity index (χ3v) is 7.78. The molecule has 2 N–H and O–H groups in total. The monoisotopic (exact) mass is 611 g/mol. The Kier molecular flexibility index (Phi) is 7.87. The van der Waals surface area contributed by atoms with Gasteiger partial charge < -0.3 is 24.1 Å². The summed E-state index contributed by atoms with van der Waals surface area (Å²) in [5.41, 5.74) is 2.19. The highest BCUT2D eigenvalue weighted by Gasteiger charge is 2.37. The second-order valence-corrected chi connectivity index (χ2v) is 10.8. The number of nitrogens with zero attached hydrogens (tertiary/aromatic N) is 4. The summed E-state index contributed by atoms with van der Waals surface area (Å²) < 4.78 is 37.5. The molecule has 2 unspecified atom stereocenters. The van der Waals surface area contributed by atoms with Crippen LogP contribution >= 0.6 is 22.9 Å². The Labute approximate surface area is 247 Å². The van der Waals surface area contributed by atoms with Gasteiger partial charge in [0.05, 0.1) is 53.7 Å². The number of hydrogen-bond donors (Lipinski definition) is 2. The van der Waals surface area contributed by atoms with Gasteiger partial charge in [0.1, 0.15) is 29.6 Å². The molecule has 1 fully saturated rings. The lowest BCUT2D eigenvalue weighted by molar-refractivity contribution is -0.0431. The number of aromatic nitrogens is 4. The summed E-state index contributed by atoms with van der Waals surface area (Å²) in [5.74, 6) is 0.0729. The average Bonchev–Trinajstić information content (AvgIpc) is 3.39. The predicted molar refractivity (Wildman–Crippen MR) is 154 cm³/mol. The molecule has 1 aliphatic rings. The number of pyridine rings is 1. The van der Waals surface area contributed by atoms with E-state index in [4.69, 9.17) is 35.7 Å². The van der Waals surface area contributed by atoms with Crippen molar-refractivity contribution in [3.05, 3.63) is 59.8 Å². The molecule has 0 radical (unpaired) electrons. The lowest BCUT2D eigenvalue weighted by Gasteiger charge is -2.35. The number of hydrogen-bond acceptors (Lipinski definition) is 11. The first-order valence-corrected chi connectivity index (χ1v) is 14.0. The van der Waals surface area contributed by atoms with Crippen LogP contribution in [0.2, 0.25) is 5.02 Å². The zero-order chi connectivity index (χ0) is 29.2. The third kappa shape index (κ3) is 5.84. The van der Waals surface area contributed by atoms with Gasteiger partial charge in [-0.15, -0.1) is 11.3 Å². The van der Waals surface area contributed by atoms with Gasteiger partial charge in [-0.05, 0) is 31.0 Å². The number of halogens is 2. The number of ether oxygens (including phenoxy) is 4. The highest BCUT2D eigenvalue weighted by molar-refractivity contribution is 7.21. The molecule has 0 aliphatic heterocycles. The van der Waals surface area contributed by atoms with E-state index in [1.54, 1.807) is 31.5 Å².